The van der Waals surface area contributed by atoms with E-state index in [1.54, 1.807) is 12.1 Å². The molecule has 6 heteroatoms. The molecule has 0 aliphatic carbocycles. The predicted molar refractivity (Wildman–Crippen MR) is 99.6 cm³/mol. The molecule has 5 nitrogen and oxygen atoms in total. The van der Waals surface area contributed by atoms with Gasteiger partial charge < -0.3 is 19.8 Å². The summed E-state index contributed by atoms with van der Waals surface area (Å²) in [7, 11) is 0. The molecule has 2 N–H and O–H groups in total. The summed E-state index contributed by atoms with van der Waals surface area (Å²) in [6.07, 6.45) is 2.08. The average molecular weight is 365 g/mol. The second-order valence-electron chi connectivity index (χ2n) is 6.34. The van der Waals surface area contributed by atoms with E-state index in [9.17, 15) is 4.79 Å². The van der Waals surface area contributed by atoms with Gasteiger partial charge in [-0.05, 0) is 57.0 Å². The van der Waals surface area contributed by atoms with Gasteiger partial charge in [-0.3, -0.25) is 4.79 Å². The van der Waals surface area contributed by atoms with Crippen molar-refractivity contribution >= 4 is 18.3 Å². The van der Waals surface area contributed by atoms with Gasteiger partial charge in [0, 0.05) is 12.6 Å². The number of amides is 1. The number of carbonyl (C=O) groups excluding carboxylic acids is 1. The number of rotatable bonds is 5. The minimum atomic E-state index is -0.165. The Morgan fingerprint density at radius 1 is 1.32 bits per heavy atom. The summed E-state index contributed by atoms with van der Waals surface area (Å²) in [6.45, 7) is 6.21. The first-order chi connectivity index (χ1) is 11.6. The predicted octanol–water partition coefficient (Wildman–Crippen LogP) is 3.38. The molecule has 1 aliphatic rings. The van der Waals surface area contributed by atoms with Crippen molar-refractivity contribution in [2.45, 2.75) is 39.3 Å². The van der Waals surface area contributed by atoms with E-state index in [2.05, 4.69) is 23.6 Å². The molecule has 1 atom stereocenters. The Morgan fingerprint density at radius 3 is 2.88 bits per heavy atom. The van der Waals surface area contributed by atoms with Gasteiger partial charge in [-0.1, -0.05) is 17.7 Å². The average Bonchev–Trinajstić information content (AvgIpc) is 3.04. The number of hydrogen-bond acceptors (Lipinski definition) is 4. The standard InChI is InChI=1S/C19H24N2O3.ClH/c1-13-5-7-17(14(2)10-13)23-12-16-6-8-18(24-16)19(22)21-15-4-3-9-20-11-15;/h5-8,10,15,20H,3-4,9,11-12H2,1-2H3,(H,21,22);1H/t15-;/m0./s1. The molecule has 25 heavy (non-hydrogen) atoms. The van der Waals surface area contributed by atoms with Gasteiger partial charge in [-0.15, -0.1) is 12.4 Å². The summed E-state index contributed by atoms with van der Waals surface area (Å²) in [5.41, 5.74) is 2.29. The first-order valence-corrected chi connectivity index (χ1v) is 8.42. The van der Waals surface area contributed by atoms with Gasteiger partial charge in [0.15, 0.2) is 5.76 Å². The van der Waals surface area contributed by atoms with Crippen LogP contribution in [0.1, 0.15) is 40.3 Å². The van der Waals surface area contributed by atoms with Gasteiger partial charge in [-0.25, -0.2) is 0 Å². The number of piperidine rings is 1. The Balaban J connectivity index is 0.00000225. The van der Waals surface area contributed by atoms with Crippen LogP contribution in [0.3, 0.4) is 0 Å². The van der Waals surface area contributed by atoms with Crippen LogP contribution in [0.15, 0.2) is 34.7 Å². The largest absolute Gasteiger partial charge is 0.485 e. The van der Waals surface area contributed by atoms with E-state index >= 15 is 0 Å². The monoisotopic (exact) mass is 364 g/mol. The van der Waals surface area contributed by atoms with Crippen LogP contribution in [0.4, 0.5) is 0 Å². The zero-order valence-corrected chi connectivity index (χ0v) is 15.4. The van der Waals surface area contributed by atoms with E-state index in [0.717, 1.165) is 37.2 Å². The van der Waals surface area contributed by atoms with Crippen molar-refractivity contribution in [3.05, 3.63) is 53.0 Å². The lowest BCUT2D eigenvalue weighted by molar-refractivity contribution is 0.0898. The summed E-state index contributed by atoms with van der Waals surface area (Å²) >= 11 is 0. The van der Waals surface area contributed by atoms with Crippen LogP contribution in [0.5, 0.6) is 5.75 Å². The number of furan rings is 1. The zero-order chi connectivity index (χ0) is 16.9. The smallest absolute Gasteiger partial charge is 0.287 e. The Morgan fingerprint density at radius 2 is 2.16 bits per heavy atom. The third-order valence-corrected chi connectivity index (χ3v) is 4.22. The summed E-state index contributed by atoms with van der Waals surface area (Å²) < 4.78 is 11.4. The first-order valence-electron chi connectivity index (χ1n) is 8.42. The first kappa shape index (κ1) is 19.3. The number of ether oxygens (including phenoxy) is 1. The van der Waals surface area contributed by atoms with Crippen molar-refractivity contribution in [1.29, 1.82) is 0 Å². The fraction of sp³-hybridized carbons (Fsp3) is 0.421. The highest BCUT2D eigenvalue weighted by Crippen LogP contribution is 2.20. The summed E-state index contributed by atoms with van der Waals surface area (Å²) in [6, 6.07) is 9.71. The minimum absolute atomic E-state index is 0. The molecule has 136 valence electrons. The highest BCUT2D eigenvalue weighted by atomic mass is 35.5. The molecule has 1 aliphatic heterocycles. The Bertz CT molecular complexity index is 708. The molecule has 2 heterocycles. The lowest BCUT2D eigenvalue weighted by atomic mass is 10.1. The quantitative estimate of drug-likeness (QED) is 0.853. The van der Waals surface area contributed by atoms with Gasteiger partial charge >= 0.3 is 0 Å². The molecule has 1 amide bonds. The maximum Gasteiger partial charge on any atom is 0.287 e. The maximum atomic E-state index is 12.2. The fourth-order valence-corrected chi connectivity index (χ4v) is 2.92. The molecule has 2 aromatic rings. The number of halogens is 1. The number of nitrogens with one attached hydrogen (secondary N) is 2. The van der Waals surface area contributed by atoms with Gasteiger partial charge in [0.05, 0.1) is 0 Å². The third-order valence-electron chi connectivity index (χ3n) is 4.22. The zero-order valence-electron chi connectivity index (χ0n) is 14.6. The maximum absolute atomic E-state index is 12.2. The van der Waals surface area contributed by atoms with E-state index in [1.165, 1.54) is 5.56 Å². The van der Waals surface area contributed by atoms with E-state index in [-0.39, 0.29) is 24.4 Å². The molecule has 1 aromatic carbocycles. The van der Waals surface area contributed by atoms with Gasteiger partial charge in [-0.2, -0.15) is 0 Å². The number of aryl methyl sites for hydroxylation is 2. The molecular weight excluding hydrogens is 340 g/mol. The van der Waals surface area contributed by atoms with E-state index in [4.69, 9.17) is 9.15 Å². The normalized spacial score (nSPS) is 16.8. The molecule has 3 rings (SSSR count). The van der Waals surface area contributed by atoms with Gasteiger partial charge in [0.1, 0.15) is 18.1 Å². The Labute approximate surface area is 154 Å². The Hall–Kier alpha value is -1.98. The molecule has 1 aromatic heterocycles. The fourth-order valence-electron chi connectivity index (χ4n) is 2.92. The summed E-state index contributed by atoms with van der Waals surface area (Å²) in [5, 5.41) is 6.28. The van der Waals surface area contributed by atoms with Crippen LogP contribution in [0.25, 0.3) is 0 Å². The minimum Gasteiger partial charge on any atom is -0.485 e. The molecular formula is C19H25ClN2O3. The second kappa shape index (κ2) is 8.92. The summed E-state index contributed by atoms with van der Waals surface area (Å²) in [4.78, 5) is 12.2. The van der Waals surface area contributed by atoms with Crippen LogP contribution in [0.2, 0.25) is 0 Å². The molecule has 0 spiro atoms. The van der Waals surface area contributed by atoms with Crippen molar-refractivity contribution < 1.29 is 13.9 Å². The van der Waals surface area contributed by atoms with Crippen molar-refractivity contribution in [3.63, 3.8) is 0 Å². The number of hydrogen-bond donors (Lipinski definition) is 2. The topological polar surface area (TPSA) is 63.5 Å². The van der Waals surface area contributed by atoms with E-state index in [1.807, 2.05) is 19.1 Å². The third kappa shape index (κ3) is 5.25. The van der Waals surface area contributed by atoms with E-state index in [0.29, 0.717) is 18.1 Å². The highest BCUT2D eigenvalue weighted by Gasteiger charge is 2.18. The Kier molecular flexibility index (Phi) is 6.91. The van der Waals surface area contributed by atoms with Crippen molar-refractivity contribution in [2.75, 3.05) is 13.1 Å². The van der Waals surface area contributed by atoms with Crippen LogP contribution >= 0.6 is 12.4 Å². The van der Waals surface area contributed by atoms with Crippen molar-refractivity contribution in [2.24, 2.45) is 0 Å². The van der Waals surface area contributed by atoms with Gasteiger partial charge in [0.25, 0.3) is 5.91 Å². The molecule has 1 fully saturated rings. The van der Waals surface area contributed by atoms with Crippen molar-refractivity contribution in [3.8, 4) is 5.75 Å². The van der Waals surface area contributed by atoms with Crippen LogP contribution in [-0.4, -0.2) is 25.0 Å². The number of carbonyl (C=O) groups is 1. The highest BCUT2D eigenvalue weighted by molar-refractivity contribution is 5.91. The lowest BCUT2D eigenvalue weighted by Crippen LogP contribution is -2.45. The summed E-state index contributed by atoms with van der Waals surface area (Å²) in [5.74, 6) is 1.64. The molecule has 1 saturated heterocycles. The molecule has 0 saturated carbocycles. The van der Waals surface area contributed by atoms with E-state index < -0.39 is 0 Å². The van der Waals surface area contributed by atoms with Gasteiger partial charge in [0.2, 0.25) is 0 Å². The number of benzene rings is 1. The van der Waals surface area contributed by atoms with Crippen LogP contribution < -0.4 is 15.4 Å². The lowest BCUT2D eigenvalue weighted by Gasteiger charge is -2.23. The van der Waals surface area contributed by atoms with Crippen molar-refractivity contribution in [1.82, 2.24) is 10.6 Å². The molecule has 0 radical (unpaired) electrons. The SMILES string of the molecule is Cc1ccc(OCc2ccc(C(=O)N[C@H]3CCCNC3)o2)c(C)c1.Cl. The van der Waals surface area contributed by atoms with Crippen LogP contribution in [0, 0.1) is 13.8 Å². The molecule has 0 bridgehead atoms. The van der Waals surface area contributed by atoms with Crippen LogP contribution in [-0.2, 0) is 6.61 Å². The second-order valence-corrected chi connectivity index (χ2v) is 6.34. The molecule has 0 unspecified atom stereocenters.